The number of fused-ring (bicyclic) bond motifs is 1. The smallest absolute Gasteiger partial charge is 0.246 e. The van der Waals surface area contributed by atoms with Gasteiger partial charge < -0.3 is 25.0 Å². The van der Waals surface area contributed by atoms with Crippen LogP contribution in [-0.4, -0.2) is 54.3 Å². The minimum atomic E-state index is -1.53. The van der Waals surface area contributed by atoms with E-state index in [0.29, 0.717) is 36.2 Å². The van der Waals surface area contributed by atoms with Crippen LogP contribution in [0.4, 0.5) is 30.6 Å². The number of nitrogens with zero attached hydrogens (tertiary/aromatic N) is 3. The highest BCUT2D eigenvalue weighted by molar-refractivity contribution is 6.03. The van der Waals surface area contributed by atoms with Crippen LogP contribution < -0.4 is 20.3 Å². The number of likely N-dealkylation sites (N-methyl/N-ethyl adjacent to an activating group) is 1. The molecule has 2 aliphatic heterocycles. The summed E-state index contributed by atoms with van der Waals surface area (Å²) in [5.74, 6) is -3.34. The molecule has 2 aromatic rings. The lowest BCUT2D eigenvalue weighted by atomic mass is 10.1. The van der Waals surface area contributed by atoms with E-state index in [-0.39, 0.29) is 36.5 Å². The molecule has 0 aliphatic carbocycles. The molecule has 0 spiro atoms. The normalized spacial score (nSPS) is 22.8. The van der Waals surface area contributed by atoms with E-state index in [1.54, 1.807) is 25.8 Å². The number of hydrogen-bond acceptors (Lipinski definition) is 7. The first-order valence-corrected chi connectivity index (χ1v) is 9.80. The summed E-state index contributed by atoms with van der Waals surface area (Å²) in [4.78, 5) is 22.8. The standard InChI is InChI=1S/C20H22F3N5O3/c1-9-17-18(28(3)10(2)19(29)26-17)27-20(24-9)25-11-4-13(30-7-11)8-31-12-5-14(21)16(23)15(22)6-12/h5-6,10-11,13H,4,7-8H2,1-3H3,(H,26,29)(H,24,25,27)/t10-,11-,13+/m0/s1. The lowest BCUT2D eigenvalue weighted by Gasteiger charge is -2.32. The minimum absolute atomic E-state index is 0.0546. The van der Waals surface area contributed by atoms with Gasteiger partial charge >= 0.3 is 0 Å². The lowest BCUT2D eigenvalue weighted by Crippen LogP contribution is -2.45. The molecule has 3 heterocycles. The van der Waals surface area contributed by atoms with Gasteiger partial charge in [0.2, 0.25) is 11.9 Å². The maximum absolute atomic E-state index is 13.3. The Morgan fingerprint density at radius 2 is 2.00 bits per heavy atom. The van der Waals surface area contributed by atoms with Crippen LogP contribution in [0.2, 0.25) is 0 Å². The second-order valence-corrected chi connectivity index (χ2v) is 7.65. The van der Waals surface area contributed by atoms with Crippen molar-refractivity contribution in [3.8, 4) is 5.75 Å². The Morgan fingerprint density at radius 1 is 1.29 bits per heavy atom. The first-order chi connectivity index (χ1) is 14.7. The molecule has 1 saturated heterocycles. The number of nitrogens with one attached hydrogen (secondary N) is 2. The van der Waals surface area contributed by atoms with Crippen LogP contribution in [0.1, 0.15) is 19.0 Å². The topological polar surface area (TPSA) is 88.6 Å². The van der Waals surface area contributed by atoms with E-state index < -0.39 is 17.5 Å². The summed E-state index contributed by atoms with van der Waals surface area (Å²) in [5, 5.41) is 6.05. The number of benzene rings is 1. The van der Waals surface area contributed by atoms with Crippen LogP contribution in [0, 0.1) is 24.4 Å². The zero-order valence-corrected chi connectivity index (χ0v) is 17.2. The summed E-state index contributed by atoms with van der Waals surface area (Å²) >= 11 is 0. The first-order valence-electron chi connectivity index (χ1n) is 9.80. The number of amides is 1. The molecule has 0 bridgehead atoms. The molecule has 11 heteroatoms. The first kappa shape index (κ1) is 21.2. The van der Waals surface area contributed by atoms with Crippen molar-refractivity contribution in [3.63, 3.8) is 0 Å². The van der Waals surface area contributed by atoms with Gasteiger partial charge in [0, 0.05) is 19.2 Å². The molecule has 166 valence electrons. The molecule has 0 saturated carbocycles. The quantitative estimate of drug-likeness (QED) is 0.696. The van der Waals surface area contributed by atoms with Gasteiger partial charge in [0.1, 0.15) is 24.1 Å². The minimum Gasteiger partial charge on any atom is -0.491 e. The third-order valence-electron chi connectivity index (χ3n) is 5.42. The predicted molar refractivity (Wildman–Crippen MR) is 107 cm³/mol. The molecule has 3 atom stereocenters. The van der Waals surface area contributed by atoms with Crippen molar-refractivity contribution in [1.29, 1.82) is 0 Å². The van der Waals surface area contributed by atoms with Crippen LogP contribution in [0.3, 0.4) is 0 Å². The van der Waals surface area contributed by atoms with Crippen molar-refractivity contribution in [3.05, 3.63) is 35.3 Å². The van der Waals surface area contributed by atoms with Gasteiger partial charge in [0.05, 0.1) is 24.4 Å². The highest BCUT2D eigenvalue weighted by Gasteiger charge is 2.31. The average molecular weight is 437 g/mol. The molecule has 1 aromatic heterocycles. The molecule has 2 aliphatic rings. The maximum atomic E-state index is 13.3. The summed E-state index contributed by atoms with van der Waals surface area (Å²) in [6, 6.07) is 1.13. The van der Waals surface area contributed by atoms with Crippen molar-refractivity contribution >= 4 is 23.4 Å². The average Bonchev–Trinajstić information content (AvgIpc) is 3.17. The Hall–Kier alpha value is -3.08. The van der Waals surface area contributed by atoms with Crippen molar-refractivity contribution < 1.29 is 27.4 Å². The molecule has 1 fully saturated rings. The van der Waals surface area contributed by atoms with E-state index in [9.17, 15) is 18.0 Å². The Labute approximate surface area is 176 Å². The number of hydrogen-bond donors (Lipinski definition) is 2. The molecule has 1 aromatic carbocycles. The van der Waals surface area contributed by atoms with E-state index in [1.807, 2.05) is 0 Å². The number of aromatic nitrogens is 2. The Morgan fingerprint density at radius 3 is 2.71 bits per heavy atom. The van der Waals surface area contributed by atoms with Gasteiger partial charge in [0.25, 0.3) is 0 Å². The summed E-state index contributed by atoms with van der Waals surface area (Å²) in [6.45, 7) is 4.00. The largest absolute Gasteiger partial charge is 0.491 e. The molecule has 0 radical (unpaired) electrons. The van der Waals surface area contributed by atoms with Gasteiger partial charge in [-0.1, -0.05) is 0 Å². The van der Waals surface area contributed by atoms with Crippen molar-refractivity contribution in [1.82, 2.24) is 9.97 Å². The fraction of sp³-hybridized carbons (Fsp3) is 0.450. The lowest BCUT2D eigenvalue weighted by molar-refractivity contribution is -0.117. The molecule has 31 heavy (non-hydrogen) atoms. The predicted octanol–water partition coefficient (Wildman–Crippen LogP) is 2.63. The summed E-state index contributed by atoms with van der Waals surface area (Å²) < 4.78 is 50.6. The third kappa shape index (κ3) is 4.22. The molecule has 0 unspecified atom stereocenters. The van der Waals surface area contributed by atoms with Crippen LogP contribution in [0.25, 0.3) is 0 Å². The van der Waals surface area contributed by atoms with E-state index in [1.165, 1.54) is 0 Å². The van der Waals surface area contributed by atoms with Gasteiger partial charge in [0.15, 0.2) is 23.3 Å². The van der Waals surface area contributed by atoms with Gasteiger partial charge in [-0.25, -0.2) is 18.2 Å². The zero-order valence-electron chi connectivity index (χ0n) is 17.2. The number of carbonyl (C=O) groups is 1. The van der Waals surface area contributed by atoms with Crippen molar-refractivity contribution in [2.45, 2.75) is 38.5 Å². The van der Waals surface area contributed by atoms with Crippen LogP contribution in [0.15, 0.2) is 12.1 Å². The zero-order chi connectivity index (χ0) is 22.3. The number of carbonyl (C=O) groups excluding carboxylic acids is 1. The number of ether oxygens (including phenoxy) is 2. The summed E-state index contributed by atoms with van der Waals surface area (Å²) in [6.07, 6.45) is 0.226. The third-order valence-corrected chi connectivity index (χ3v) is 5.42. The summed E-state index contributed by atoms with van der Waals surface area (Å²) in [7, 11) is 1.80. The Balaban J connectivity index is 1.37. The van der Waals surface area contributed by atoms with E-state index in [0.717, 1.165) is 12.1 Å². The molecule has 1 amide bonds. The monoisotopic (exact) mass is 437 g/mol. The highest BCUT2D eigenvalue weighted by atomic mass is 19.2. The van der Waals surface area contributed by atoms with E-state index in [4.69, 9.17) is 9.47 Å². The molecular formula is C20H22F3N5O3. The van der Waals surface area contributed by atoms with Crippen LogP contribution in [0.5, 0.6) is 5.75 Å². The summed E-state index contributed by atoms with van der Waals surface area (Å²) in [5.41, 5.74) is 1.22. The van der Waals surface area contributed by atoms with E-state index in [2.05, 4.69) is 20.6 Å². The fourth-order valence-corrected chi connectivity index (χ4v) is 3.52. The second kappa shape index (κ2) is 8.22. The van der Waals surface area contributed by atoms with E-state index >= 15 is 0 Å². The van der Waals surface area contributed by atoms with Crippen molar-refractivity contribution in [2.75, 3.05) is 35.8 Å². The SMILES string of the molecule is Cc1nc(N[C@@H]2CO[C@@H](COc3cc(F)c(F)c(F)c3)C2)nc2c1NC(=O)[C@H](C)N2C. The van der Waals surface area contributed by atoms with Crippen molar-refractivity contribution in [2.24, 2.45) is 0 Å². The second-order valence-electron chi connectivity index (χ2n) is 7.65. The Kier molecular flexibility index (Phi) is 5.61. The molecule has 4 rings (SSSR count). The number of aryl methyl sites for hydroxylation is 1. The number of rotatable bonds is 5. The fourth-order valence-electron chi connectivity index (χ4n) is 3.52. The number of halogens is 3. The molecule has 8 nitrogen and oxygen atoms in total. The van der Waals surface area contributed by atoms with Gasteiger partial charge in [-0.15, -0.1) is 0 Å². The van der Waals surface area contributed by atoms with Gasteiger partial charge in [-0.05, 0) is 20.3 Å². The number of anilines is 3. The van der Waals surface area contributed by atoms with Crippen LogP contribution >= 0.6 is 0 Å². The van der Waals surface area contributed by atoms with Crippen LogP contribution in [-0.2, 0) is 9.53 Å². The Bertz CT molecular complexity index is 999. The van der Waals surface area contributed by atoms with Gasteiger partial charge in [-0.2, -0.15) is 4.98 Å². The molecule has 2 N–H and O–H groups in total. The molecular weight excluding hydrogens is 415 g/mol. The highest BCUT2D eigenvalue weighted by Crippen LogP contribution is 2.32. The van der Waals surface area contributed by atoms with Gasteiger partial charge in [-0.3, -0.25) is 4.79 Å². The maximum Gasteiger partial charge on any atom is 0.246 e.